The van der Waals surface area contributed by atoms with Gasteiger partial charge in [-0.3, -0.25) is 19.3 Å². The zero-order valence-electron chi connectivity index (χ0n) is 17.1. The van der Waals surface area contributed by atoms with Crippen LogP contribution >= 0.6 is 11.8 Å². The predicted molar refractivity (Wildman–Crippen MR) is 116 cm³/mol. The van der Waals surface area contributed by atoms with E-state index in [9.17, 15) is 14.4 Å². The second-order valence-corrected chi connectivity index (χ2v) is 7.79. The van der Waals surface area contributed by atoms with Gasteiger partial charge in [-0.2, -0.15) is 4.99 Å². The maximum atomic E-state index is 12.3. The second-order valence-electron chi connectivity index (χ2n) is 6.85. The van der Waals surface area contributed by atoms with Crippen LogP contribution < -0.4 is 10.1 Å². The number of unbranched alkanes of at least 4 members (excludes halogenated alkanes) is 5. The van der Waals surface area contributed by atoms with Crippen LogP contribution in [0.15, 0.2) is 29.3 Å². The molecule has 0 aromatic heterocycles. The van der Waals surface area contributed by atoms with Gasteiger partial charge in [0.15, 0.2) is 5.17 Å². The van der Waals surface area contributed by atoms with Crippen LogP contribution in [-0.2, 0) is 14.4 Å². The van der Waals surface area contributed by atoms with Crippen LogP contribution in [0, 0.1) is 0 Å². The van der Waals surface area contributed by atoms with E-state index in [1.165, 1.54) is 19.3 Å². The van der Waals surface area contributed by atoms with Gasteiger partial charge in [0.1, 0.15) is 12.2 Å². The van der Waals surface area contributed by atoms with Crippen molar-refractivity contribution in [2.45, 2.75) is 51.9 Å². The van der Waals surface area contributed by atoms with Crippen molar-refractivity contribution in [2.24, 2.45) is 4.99 Å². The average Bonchev–Trinajstić information content (AvgIpc) is 2.70. The molecule has 0 radical (unpaired) electrons. The van der Waals surface area contributed by atoms with Crippen LogP contribution in [0.25, 0.3) is 0 Å². The Labute approximate surface area is 176 Å². The van der Waals surface area contributed by atoms with Crippen LogP contribution in [0.3, 0.4) is 0 Å². The van der Waals surface area contributed by atoms with Crippen molar-refractivity contribution in [3.63, 3.8) is 0 Å². The molecule has 0 fully saturated rings. The van der Waals surface area contributed by atoms with E-state index < -0.39 is 5.91 Å². The molecule has 0 unspecified atom stereocenters. The Balaban J connectivity index is 1.86. The number of rotatable bonds is 11. The highest BCUT2D eigenvalue weighted by Gasteiger charge is 2.28. The van der Waals surface area contributed by atoms with Crippen LogP contribution in [0.4, 0.5) is 5.69 Å². The number of methoxy groups -OCH3 is 1. The van der Waals surface area contributed by atoms with Gasteiger partial charge in [0.05, 0.1) is 12.9 Å². The van der Waals surface area contributed by atoms with Crippen molar-refractivity contribution in [3.05, 3.63) is 24.3 Å². The Bertz CT molecular complexity index is 751. The van der Waals surface area contributed by atoms with Crippen LogP contribution in [0.2, 0.25) is 0 Å². The van der Waals surface area contributed by atoms with Gasteiger partial charge in [-0.25, -0.2) is 0 Å². The summed E-state index contributed by atoms with van der Waals surface area (Å²) in [6, 6.07) is 7.06. The van der Waals surface area contributed by atoms with E-state index in [-0.39, 0.29) is 24.0 Å². The number of nitrogens with zero attached hydrogens (tertiary/aromatic N) is 2. The highest BCUT2D eigenvalue weighted by Crippen LogP contribution is 2.20. The number of amides is 3. The Morgan fingerprint density at radius 2 is 1.97 bits per heavy atom. The Hall–Kier alpha value is -2.35. The number of ether oxygens (including phenoxy) is 1. The molecule has 0 aliphatic carbocycles. The molecule has 29 heavy (non-hydrogen) atoms. The molecule has 2 rings (SSSR count). The summed E-state index contributed by atoms with van der Waals surface area (Å²) in [4.78, 5) is 41.8. The Kier molecular flexibility index (Phi) is 9.70. The largest absolute Gasteiger partial charge is 0.497 e. The van der Waals surface area contributed by atoms with Gasteiger partial charge >= 0.3 is 0 Å². The molecule has 1 aliphatic rings. The molecular weight excluding hydrogens is 390 g/mol. The second kappa shape index (κ2) is 12.3. The molecule has 1 aromatic rings. The zero-order chi connectivity index (χ0) is 21.1. The lowest BCUT2D eigenvalue weighted by molar-refractivity contribution is -0.133. The monoisotopic (exact) mass is 419 g/mol. The SMILES string of the molecule is CCCCCCCCN1C(=O)CC(=O)N=C1SCC(=O)Nc1cccc(OC)c1. The zero-order valence-corrected chi connectivity index (χ0v) is 17.9. The number of nitrogens with one attached hydrogen (secondary N) is 1. The summed E-state index contributed by atoms with van der Waals surface area (Å²) in [5.41, 5.74) is 0.622. The third-order valence-corrected chi connectivity index (χ3v) is 5.45. The summed E-state index contributed by atoms with van der Waals surface area (Å²) in [5, 5.41) is 3.10. The number of benzene rings is 1. The number of aliphatic imine (C=N–C) groups is 1. The third kappa shape index (κ3) is 7.89. The lowest BCUT2D eigenvalue weighted by Crippen LogP contribution is -2.41. The number of hydrogen-bond donors (Lipinski definition) is 1. The Morgan fingerprint density at radius 3 is 2.72 bits per heavy atom. The smallest absolute Gasteiger partial charge is 0.257 e. The van der Waals surface area contributed by atoms with Crippen LogP contribution in [0.5, 0.6) is 5.75 Å². The van der Waals surface area contributed by atoms with E-state index in [4.69, 9.17) is 4.74 Å². The lowest BCUT2D eigenvalue weighted by Gasteiger charge is -2.26. The maximum absolute atomic E-state index is 12.3. The molecule has 1 N–H and O–H groups in total. The molecule has 3 amide bonds. The molecular formula is C21H29N3O4S. The summed E-state index contributed by atoms with van der Waals surface area (Å²) in [6.45, 7) is 2.70. The van der Waals surface area contributed by atoms with Crippen molar-refractivity contribution in [3.8, 4) is 5.75 Å². The molecule has 1 aliphatic heterocycles. The van der Waals surface area contributed by atoms with Gasteiger partial charge in [0.2, 0.25) is 11.8 Å². The molecule has 7 nitrogen and oxygen atoms in total. The van der Waals surface area contributed by atoms with E-state index in [0.717, 1.165) is 31.0 Å². The summed E-state index contributed by atoms with van der Waals surface area (Å²) >= 11 is 1.11. The van der Waals surface area contributed by atoms with Gasteiger partial charge in [-0.15, -0.1) is 0 Å². The van der Waals surface area contributed by atoms with Gasteiger partial charge in [-0.05, 0) is 18.6 Å². The van der Waals surface area contributed by atoms with E-state index in [1.54, 1.807) is 36.3 Å². The third-order valence-electron chi connectivity index (χ3n) is 4.48. The molecule has 8 heteroatoms. The molecule has 1 aromatic carbocycles. The molecule has 158 valence electrons. The van der Waals surface area contributed by atoms with E-state index >= 15 is 0 Å². The average molecular weight is 420 g/mol. The topological polar surface area (TPSA) is 88.1 Å². The predicted octanol–water partition coefficient (Wildman–Crippen LogP) is 3.84. The lowest BCUT2D eigenvalue weighted by atomic mass is 10.1. The number of hydrogen-bond acceptors (Lipinski definition) is 5. The normalized spacial score (nSPS) is 14.0. The summed E-state index contributed by atoms with van der Waals surface area (Å²) < 4.78 is 5.14. The van der Waals surface area contributed by atoms with Gasteiger partial charge in [-0.1, -0.05) is 56.9 Å². The highest BCUT2D eigenvalue weighted by atomic mass is 32.2. The van der Waals surface area contributed by atoms with E-state index in [1.807, 2.05) is 0 Å². The Morgan fingerprint density at radius 1 is 1.21 bits per heavy atom. The first-order valence-electron chi connectivity index (χ1n) is 10.0. The summed E-state index contributed by atoms with van der Waals surface area (Å²) in [7, 11) is 1.56. The van der Waals surface area contributed by atoms with E-state index in [0.29, 0.717) is 23.1 Å². The van der Waals surface area contributed by atoms with E-state index in [2.05, 4.69) is 17.2 Å². The summed E-state index contributed by atoms with van der Waals surface area (Å²) in [5.74, 6) is -0.229. The van der Waals surface area contributed by atoms with Crippen molar-refractivity contribution in [1.29, 1.82) is 0 Å². The quantitative estimate of drug-likeness (QED) is 0.435. The number of thioether (sulfide) groups is 1. The fourth-order valence-electron chi connectivity index (χ4n) is 2.95. The van der Waals surface area contributed by atoms with Crippen molar-refractivity contribution >= 4 is 40.3 Å². The molecule has 0 atom stereocenters. The number of amidine groups is 1. The standard InChI is InChI=1S/C21H29N3O4S/c1-3-4-5-6-7-8-12-24-20(27)14-18(25)23-21(24)29-15-19(26)22-16-10-9-11-17(13-16)28-2/h9-11,13H,3-8,12,14-15H2,1-2H3,(H,22,26). The minimum Gasteiger partial charge on any atom is -0.497 e. The van der Waals surface area contributed by atoms with Crippen molar-refractivity contribution < 1.29 is 19.1 Å². The molecule has 0 bridgehead atoms. The number of carbonyl (C=O) groups is 3. The molecule has 1 heterocycles. The summed E-state index contributed by atoms with van der Waals surface area (Å²) in [6.07, 6.45) is 6.45. The first-order valence-corrected chi connectivity index (χ1v) is 11.0. The minimum absolute atomic E-state index is 0.0591. The van der Waals surface area contributed by atoms with Crippen molar-refractivity contribution in [2.75, 3.05) is 24.7 Å². The first kappa shape index (κ1) is 22.9. The minimum atomic E-state index is -0.454. The molecule has 0 spiro atoms. The van der Waals surface area contributed by atoms with Crippen LogP contribution in [-0.4, -0.2) is 47.2 Å². The number of anilines is 1. The number of carbonyl (C=O) groups excluding carboxylic acids is 3. The van der Waals surface area contributed by atoms with Gasteiger partial charge in [0.25, 0.3) is 5.91 Å². The fraction of sp³-hybridized carbons (Fsp3) is 0.524. The first-order chi connectivity index (χ1) is 14.0. The molecule has 0 saturated heterocycles. The van der Waals surface area contributed by atoms with Crippen LogP contribution in [0.1, 0.15) is 51.9 Å². The van der Waals surface area contributed by atoms with Gasteiger partial charge < -0.3 is 10.1 Å². The highest BCUT2D eigenvalue weighted by molar-refractivity contribution is 8.14. The van der Waals surface area contributed by atoms with Crippen molar-refractivity contribution in [1.82, 2.24) is 4.90 Å². The maximum Gasteiger partial charge on any atom is 0.257 e. The van der Waals surface area contributed by atoms with Gasteiger partial charge in [0, 0.05) is 18.3 Å². The fourth-order valence-corrected chi connectivity index (χ4v) is 3.79. The molecule has 0 saturated carbocycles.